The van der Waals surface area contributed by atoms with Crippen LogP contribution in [0.5, 0.6) is 0 Å². The van der Waals surface area contributed by atoms with Gasteiger partial charge in [0.1, 0.15) is 0 Å². The lowest BCUT2D eigenvalue weighted by Gasteiger charge is -2.37. The first kappa shape index (κ1) is 18.9. The first-order chi connectivity index (χ1) is 14.1. The second kappa shape index (κ2) is 7.59. The average Bonchev–Trinajstić information content (AvgIpc) is 3.44. The molecule has 3 aliphatic rings. The lowest BCUT2D eigenvalue weighted by molar-refractivity contribution is 0.114. The first-order valence-electron chi connectivity index (χ1n) is 10.4. The SMILES string of the molecule is O=S(=O)(NCC1CCCO1)c1ccc2c(c1)C1C=CCC1C(c1ccccc1)N2. The fourth-order valence-electron chi connectivity index (χ4n) is 4.82. The van der Waals surface area contributed by atoms with Crippen LogP contribution in [-0.4, -0.2) is 27.7 Å². The Hall–Kier alpha value is -2.15. The summed E-state index contributed by atoms with van der Waals surface area (Å²) >= 11 is 0. The monoisotopic (exact) mass is 410 g/mol. The summed E-state index contributed by atoms with van der Waals surface area (Å²) < 4.78 is 34.0. The molecule has 0 saturated carbocycles. The van der Waals surface area contributed by atoms with E-state index in [2.05, 4.69) is 46.5 Å². The standard InChI is InChI=1S/C23H26N2O3S/c26-29(27,24-15-17-8-5-13-28-17)18-11-12-22-21(14-18)19-9-4-10-20(19)23(25-22)16-6-2-1-3-7-16/h1-4,6-7,9,11-12,14,17,19-20,23-25H,5,8,10,13,15H2. The van der Waals surface area contributed by atoms with Gasteiger partial charge in [0.2, 0.25) is 10.0 Å². The number of sulfonamides is 1. The van der Waals surface area contributed by atoms with Crippen molar-refractivity contribution in [1.29, 1.82) is 0 Å². The van der Waals surface area contributed by atoms with Crippen molar-refractivity contribution in [1.82, 2.24) is 4.72 Å². The van der Waals surface area contributed by atoms with Gasteiger partial charge in [-0.15, -0.1) is 0 Å². The average molecular weight is 411 g/mol. The highest BCUT2D eigenvalue weighted by Crippen LogP contribution is 2.50. The van der Waals surface area contributed by atoms with Gasteiger partial charge >= 0.3 is 0 Å². The van der Waals surface area contributed by atoms with Crippen LogP contribution >= 0.6 is 0 Å². The Morgan fingerprint density at radius 1 is 1.14 bits per heavy atom. The van der Waals surface area contributed by atoms with Crippen LogP contribution in [0.1, 0.15) is 42.3 Å². The Kier molecular flexibility index (Phi) is 4.94. The summed E-state index contributed by atoms with van der Waals surface area (Å²) in [6, 6.07) is 16.2. The normalized spacial score (nSPS) is 28.0. The van der Waals surface area contributed by atoms with Gasteiger partial charge in [-0.2, -0.15) is 0 Å². The van der Waals surface area contributed by atoms with Gasteiger partial charge in [0.25, 0.3) is 0 Å². The largest absolute Gasteiger partial charge is 0.378 e. The molecule has 4 atom stereocenters. The summed E-state index contributed by atoms with van der Waals surface area (Å²) in [5.74, 6) is 0.618. The number of anilines is 1. The van der Waals surface area contributed by atoms with Crippen molar-refractivity contribution in [2.45, 2.75) is 42.2 Å². The Morgan fingerprint density at radius 3 is 2.79 bits per heavy atom. The van der Waals surface area contributed by atoms with Crippen molar-refractivity contribution in [3.63, 3.8) is 0 Å². The smallest absolute Gasteiger partial charge is 0.240 e. The van der Waals surface area contributed by atoms with E-state index in [1.54, 1.807) is 6.07 Å². The molecule has 0 spiro atoms. The predicted octanol–water partition coefficient (Wildman–Crippen LogP) is 3.97. The van der Waals surface area contributed by atoms with Crippen LogP contribution in [0.25, 0.3) is 0 Å². The van der Waals surface area contributed by atoms with Crippen LogP contribution < -0.4 is 10.0 Å². The molecular formula is C23H26N2O3S. The van der Waals surface area contributed by atoms with Crippen molar-refractivity contribution < 1.29 is 13.2 Å². The Bertz CT molecular complexity index is 1010. The van der Waals surface area contributed by atoms with Gasteiger partial charge in [-0.25, -0.2) is 13.1 Å². The zero-order chi connectivity index (χ0) is 19.8. The minimum Gasteiger partial charge on any atom is -0.378 e. The number of ether oxygens (including phenoxy) is 1. The van der Waals surface area contributed by atoms with Crippen LogP contribution in [0.4, 0.5) is 5.69 Å². The number of rotatable bonds is 5. The topological polar surface area (TPSA) is 67.4 Å². The summed E-state index contributed by atoms with van der Waals surface area (Å²) in [7, 11) is -3.56. The van der Waals surface area contributed by atoms with E-state index in [1.807, 2.05) is 18.2 Å². The molecule has 2 aromatic carbocycles. The Labute approximate surface area is 172 Å². The van der Waals surface area contributed by atoms with Crippen molar-refractivity contribution in [3.8, 4) is 0 Å². The quantitative estimate of drug-likeness (QED) is 0.732. The molecule has 2 heterocycles. The molecular weight excluding hydrogens is 384 g/mol. The maximum absolute atomic E-state index is 12.8. The molecule has 0 aromatic heterocycles. The molecule has 0 bridgehead atoms. The molecule has 1 saturated heterocycles. The number of nitrogens with one attached hydrogen (secondary N) is 2. The highest BCUT2D eigenvalue weighted by atomic mass is 32.2. The summed E-state index contributed by atoms with van der Waals surface area (Å²) in [6.45, 7) is 1.05. The second-order valence-corrected chi connectivity index (χ2v) is 9.89. The second-order valence-electron chi connectivity index (χ2n) is 8.12. The molecule has 0 amide bonds. The summed E-state index contributed by atoms with van der Waals surface area (Å²) in [5.41, 5.74) is 3.35. The number of hydrogen-bond acceptors (Lipinski definition) is 4. The zero-order valence-corrected chi connectivity index (χ0v) is 17.1. The highest BCUT2D eigenvalue weighted by molar-refractivity contribution is 7.89. The Morgan fingerprint density at radius 2 is 2.00 bits per heavy atom. The first-order valence-corrected chi connectivity index (χ1v) is 11.8. The molecule has 0 radical (unpaired) electrons. The summed E-state index contributed by atoms with van der Waals surface area (Å²) in [5, 5.41) is 3.66. The molecule has 5 rings (SSSR count). The number of allylic oxidation sites excluding steroid dienone is 2. The molecule has 152 valence electrons. The molecule has 1 aliphatic carbocycles. The maximum atomic E-state index is 12.8. The van der Waals surface area contributed by atoms with Crippen LogP contribution in [0.15, 0.2) is 65.6 Å². The zero-order valence-electron chi connectivity index (χ0n) is 16.3. The van der Waals surface area contributed by atoms with Crippen LogP contribution in [0, 0.1) is 5.92 Å². The maximum Gasteiger partial charge on any atom is 0.240 e. The van der Waals surface area contributed by atoms with Crippen molar-refractivity contribution in [2.75, 3.05) is 18.5 Å². The van der Waals surface area contributed by atoms with E-state index in [4.69, 9.17) is 4.74 Å². The lowest BCUT2D eigenvalue weighted by Crippen LogP contribution is -2.32. The minimum atomic E-state index is -3.56. The molecule has 29 heavy (non-hydrogen) atoms. The fraction of sp³-hybridized carbons (Fsp3) is 0.391. The van der Waals surface area contributed by atoms with Crippen molar-refractivity contribution >= 4 is 15.7 Å². The van der Waals surface area contributed by atoms with Gasteiger partial charge in [0, 0.05) is 24.8 Å². The summed E-state index contributed by atoms with van der Waals surface area (Å²) in [4.78, 5) is 0.327. The van der Waals surface area contributed by atoms with E-state index in [1.165, 1.54) is 5.56 Å². The minimum absolute atomic E-state index is 0.0159. The van der Waals surface area contributed by atoms with Gasteiger partial charge in [0.05, 0.1) is 17.0 Å². The predicted molar refractivity (Wildman–Crippen MR) is 113 cm³/mol. The fourth-order valence-corrected chi connectivity index (χ4v) is 5.92. The van der Waals surface area contributed by atoms with Gasteiger partial charge in [0.15, 0.2) is 0 Å². The lowest BCUT2D eigenvalue weighted by atomic mass is 9.77. The van der Waals surface area contributed by atoms with Gasteiger partial charge in [-0.05, 0) is 54.5 Å². The number of fused-ring (bicyclic) bond motifs is 3. The van der Waals surface area contributed by atoms with Crippen LogP contribution in [-0.2, 0) is 14.8 Å². The van der Waals surface area contributed by atoms with Crippen molar-refractivity contribution in [3.05, 3.63) is 71.8 Å². The third-order valence-corrected chi connectivity index (χ3v) is 7.75. The van der Waals surface area contributed by atoms with E-state index in [-0.39, 0.29) is 18.1 Å². The van der Waals surface area contributed by atoms with E-state index in [9.17, 15) is 8.42 Å². The Balaban J connectivity index is 1.42. The third-order valence-electron chi connectivity index (χ3n) is 6.33. The van der Waals surface area contributed by atoms with Gasteiger partial charge in [-0.3, -0.25) is 0 Å². The summed E-state index contributed by atoms with van der Waals surface area (Å²) in [6.07, 6.45) is 7.33. The van der Waals surface area contributed by atoms with E-state index < -0.39 is 10.0 Å². The van der Waals surface area contributed by atoms with Gasteiger partial charge in [-0.1, -0.05) is 42.5 Å². The molecule has 2 aliphatic heterocycles. The van der Waals surface area contributed by atoms with E-state index >= 15 is 0 Å². The molecule has 2 N–H and O–H groups in total. The van der Waals surface area contributed by atoms with E-state index in [0.717, 1.165) is 37.1 Å². The van der Waals surface area contributed by atoms with Gasteiger partial charge < -0.3 is 10.1 Å². The van der Waals surface area contributed by atoms with Crippen LogP contribution in [0.3, 0.4) is 0 Å². The molecule has 5 nitrogen and oxygen atoms in total. The third kappa shape index (κ3) is 3.61. The number of hydrogen-bond donors (Lipinski definition) is 2. The van der Waals surface area contributed by atoms with E-state index in [0.29, 0.717) is 17.4 Å². The highest BCUT2D eigenvalue weighted by Gasteiger charge is 2.38. The van der Waals surface area contributed by atoms with Crippen molar-refractivity contribution in [2.24, 2.45) is 5.92 Å². The molecule has 1 fully saturated rings. The van der Waals surface area contributed by atoms with Crippen LogP contribution in [0.2, 0.25) is 0 Å². The molecule has 4 unspecified atom stereocenters. The molecule has 6 heteroatoms. The number of benzene rings is 2. The molecule has 2 aromatic rings.